The number of imidazole rings is 1. The molecule has 4 aromatic rings. The molecule has 0 saturated heterocycles. The molecule has 3 heterocycles. The van der Waals surface area contributed by atoms with Gasteiger partial charge in [0, 0.05) is 28.8 Å². The van der Waals surface area contributed by atoms with Gasteiger partial charge in [-0.25, -0.2) is 9.37 Å². The molecule has 1 atom stereocenters. The number of anilines is 1. The number of aromatic nitrogens is 5. The van der Waals surface area contributed by atoms with Crippen molar-refractivity contribution < 1.29 is 9.18 Å². The molecule has 10 heteroatoms. The van der Waals surface area contributed by atoms with E-state index in [-0.39, 0.29) is 10.6 Å². The largest absolute Gasteiger partial charge is 0.324 e. The topological polar surface area (TPSA) is 114 Å². The summed E-state index contributed by atoms with van der Waals surface area (Å²) in [5.74, 6) is -0.235. The average Bonchev–Trinajstić information content (AvgIpc) is 3.21. The lowest BCUT2D eigenvalue weighted by Crippen LogP contribution is -2.09. The van der Waals surface area contributed by atoms with E-state index < -0.39 is 11.9 Å². The summed E-state index contributed by atoms with van der Waals surface area (Å²) in [4.78, 5) is 19.1. The van der Waals surface area contributed by atoms with Crippen LogP contribution >= 0.6 is 11.6 Å². The second-order valence-electron chi connectivity index (χ2n) is 5.79. The first-order chi connectivity index (χ1) is 12.5. The molecule has 3 aromatic heterocycles. The summed E-state index contributed by atoms with van der Waals surface area (Å²) in [5.41, 5.74) is 7.99. The third-order valence-electron chi connectivity index (χ3n) is 4.09. The Kier molecular flexibility index (Phi) is 3.82. The lowest BCUT2D eigenvalue weighted by Gasteiger charge is -2.14. The smallest absolute Gasteiger partial charge is 0.212 e. The molecule has 0 fully saturated rings. The number of nitrogens with zero attached hydrogens (tertiary/aromatic N) is 4. The summed E-state index contributed by atoms with van der Waals surface area (Å²) >= 11 is 6.32. The highest BCUT2D eigenvalue weighted by Gasteiger charge is 2.23. The number of benzene rings is 1. The third kappa shape index (κ3) is 2.40. The highest BCUT2D eigenvalue weighted by atomic mass is 35.5. The molecule has 0 spiro atoms. The number of carbonyl (C=O) groups is 1. The van der Waals surface area contributed by atoms with Gasteiger partial charge in [-0.2, -0.15) is 5.10 Å². The second-order valence-corrected chi connectivity index (χ2v) is 6.17. The van der Waals surface area contributed by atoms with Crippen LogP contribution in [0.1, 0.15) is 18.5 Å². The standard InChI is InChI=1S/C16H13ClFN7O/c1-7(19)12-15(18)14(17)13(8-2-22-24-16(8)12)9-4-25-5-10(21-6-26)23-11(25)3-20-9/h2-7H,19H2,1H3,(H,21,26)(H,22,24). The van der Waals surface area contributed by atoms with Gasteiger partial charge in [-0.15, -0.1) is 0 Å². The van der Waals surface area contributed by atoms with E-state index in [9.17, 15) is 9.18 Å². The normalized spacial score (nSPS) is 12.6. The summed E-state index contributed by atoms with van der Waals surface area (Å²) in [6.07, 6.45) is 6.86. The van der Waals surface area contributed by atoms with E-state index in [0.29, 0.717) is 40.0 Å². The van der Waals surface area contributed by atoms with E-state index in [2.05, 4.69) is 25.5 Å². The Bertz CT molecular complexity index is 1150. The average molecular weight is 374 g/mol. The van der Waals surface area contributed by atoms with Crippen molar-refractivity contribution in [2.45, 2.75) is 13.0 Å². The Morgan fingerprint density at radius 1 is 1.42 bits per heavy atom. The van der Waals surface area contributed by atoms with Crippen molar-refractivity contribution in [3.8, 4) is 11.3 Å². The van der Waals surface area contributed by atoms with E-state index in [1.165, 1.54) is 6.20 Å². The van der Waals surface area contributed by atoms with E-state index in [1.807, 2.05) is 0 Å². The summed E-state index contributed by atoms with van der Waals surface area (Å²) in [6, 6.07) is -0.564. The maximum Gasteiger partial charge on any atom is 0.212 e. The van der Waals surface area contributed by atoms with Gasteiger partial charge in [0.2, 0.25) is 6.41 Å². The lowest BCUT2D eigenvalue weighted by molar-refractivity contribution is -0.105. The first-order valence-electron chi connectivity index (χ1n) is 7.66. The predicted octanol–water partition coefficient (Wildman–Crippen LogP) is 2.65. The zero-order valence-electron chi connectivity index (χ0n) is 13.5. The van der Waals surface area contributed by atoms with E-state index in [4.69, 9.17) is 17.3 Å². The molecule has 4 rings (SSSR count). The van der Waals surface area contributed by atoms with Gasteiger partial charge in [-0.3, -0.25) is 14.9 Å². The molecule has 0 bridgehead atoms. The van der Waals surface area contributed by atoms with Gasteiger partial charge in [0.05, 0.1) is 34.8 Å². The van der Waals surface area contributed by atoms with Gasteiger partial charge in [-0.05, 0) is 6.92 Å². The quantitative estimate of drug-likeness (QED) is 0.476. The maximum absolute atomic E-state index is 14.9. The van der Waals surface area contributed by atoms with Crippen molar-refractivity contribution >= 4 is 40.4 Å². The number of hydrogen-bond donors (Lipinski definition) is 3. The van der Waals surface area contributed by atoms with Crippen molar-refractivity contribution in [1.29, 1.82) is 0 Å². The van der Waals surface area contributed by atoms with Crippen molar-refractivity contribution in [3.05, 3.63) is 41.2 Å². The molecule has 0 saturated carbocycles. The van der Waals surface area contributed by atoms with Crippen molar-refractivity contribution in [3.63, 3.8) is 0 Å². The lowest BCUT2D eigenvalue weighted by atomic mass is 9.99. The van der Waals surface area contributed by atoms with E-state index in [0.717, 1.165) is 0 Å². The highest BCUT2D eigenvalue weighted by Crippen LogP contribution is 2.39. The molecule has 0 aliphatic rings. The van der Waals surface area contributed by atoms with Crippen molar-refractivity contribution in [2.75, 3.05) is 5.32 Å². The SMILES string of the molecule is CC(N)c1c(F)c(Cl)c(-c2cn3cc(NC=O)nc3cn2)c2cn[nH]c12. The summed E-state index contributed by atoms with van der Waals surface area (Å²) in [6.45, 7) is 1.67. The Morgan fingerprint density at radius 2 is 2.23 bits per heavy atom. The molecule has 1 amide bonds. The zero-order valence-corrected chi connectivity index (χ0v) is 14.3. The van der Waals surface area contributed by atoms with Gasteiger partial charge in [0.1, 0.15) is 5.82 Å². The number of nitrogens with one attached hydrogen (secondary N) is 2. The molecule has 8 nitrogen and oxygen atoms in total. The van der Waals surface area contributed by atoms with Gasteiger partial charge in [0.15, 0.2) is 11.5 Å². The number of hydrogen-bond acceptors (Lipinski definition) is 5. The predicted molar refractivity (Wildman–Crippen MR) is 95.3 cm³/mol. The molecule has 0 aliphatic carbocycles. The number of rotatable bonds is 4. The van der Waals surface area contributed by atoms with Crippen LogP contribution in [0.25, 0.3) is 27.8 Å². The molecular formula is C16H13ClFN7O. The molecule has 0 radical (unpaired) electrons. The van der Waals surface area contributed by atoms with Gasteiger partial charge < -0.3 is 15.5 Å². The van der Waals surface area contributed by atoms with Crippen LogP contribution in [0.15, 0.2) is 24.8 Å². The highest BCUT2D eigenvalue weighted by molar-refractivity contribution is 6.35. The molecule has 132 valence electrons. The summed E-state index contributed by atoms with van der Waals surface area (Å²) in [7, 11) is 0. The van der Waals surface area contributed by atoms with Crippen LogP contribution in [0.3, 0.4) is 0 Å². The minimum atomic E-state index is -0.607. The monoisotopic (exact) mass is 373 g/mol. The van der Waals surface area contributed by atoms with Crippen LogP contribution in [0, 0.1) is 5.82 Å². The number of carbonyl (C=O) groups excluding carboxylic acids is 1. The Balaban J connectivity index is 1.98. The summed E-state index contributed by atoms with van der Waals surface area (Å²) < 4.78 is 16.5. The molecule has 1 aromatic carbocycles. The first kappa shape index (κ1) is 16.4. The number of fused-ring (bicyclic) bond motifs is 2. The molecular weight excluding hydrogens is 361 g/mol. The maximum atomic E-state index is 14.9. The van der Waals surface area contributed by atoms with Gasteiger partial charge >= 0.3 is 0 Å². The van der Waals surface area contributed by atoms with Crippen LogP contribution in [0.4, 0.5) is 10.2 Å². The minimum Gasteiger partial charge on any atom is -0.324 e. The number of aromatic amines is 1. The van der Waals surface area contributed by atoms with Gasteiger partial charge in [0.25, 0.3) is 0 Å². The number of H-pyrrole nitrogens is 1. The third-order valence-corrected chi connectivity index (χ3v) is 4.44. The molecule has 0 aliphatic heterocycles. The van der Waals surface area contributed by atoms with Gasteiger partial charge in [-0.1, -0.05) is 11.6 Å². The fourth-order valence-electron chi connectivity index (χ4n) is 2.97. The second kappa shape index (κ2) is 6.04. The first-order valence-corrected chi connectivity index (χ1v) is 8.04. The molecule has 1 unspecified atom stereocenters. The number of halogens is 2. The Morgan fingerprint density at radius 3 is 2.96 bits per heavy atom. The number of amides is 1. The Hall–Kier alpha value is -3.04. The fraction of sp³-hybridized carbons (Fsp3) is 0.125. The Labute approximate surface area is 151 Å². The fourth-order valence-corrected chi connectivity index (χ4v) is 3.27. The number of nitrogens with two attached hydrogens (primary N) is 1. The van der Waals surface area contributed by atoms with Crippen molar-refractivity contribution in [2.24, 2.45) is 5.73 Å². The van der Waals surface area contributed by atoms with Crippen LogP contribution in [-0.2, 0) is 4.79 Å². The minimum absolute atomic E-state index is 0.0793. The van der Waals surface area contributed by atoms with E-state index in [1.54, 1.807) is 29.9 Å². The summed E-state index contributed by atoms with van der Waals surface area (Å²) in [5, 5.41) is 9.78. The molecule has 4 N–H and O–H groups in total. The van der Waals surface area contributed by atoms with Crippen LogP contribution in [-0.4, -0.2) is 31.0 Å². The zero-order chi connectivity index (χ0) is 18.4. The molecule has 26 heavy (non-hydrogen) atoms. The van der Waals surface area contributed by atoms with Crippen LogP contribution in [0.2, 0.25) is 5.02 Å². The van der Waals surface area contributed by atoms with E-state index >= 15 is 0 Å². The van der Waals surface area contributed by atoms with Crippen molar-refractivity contribution in [1.82, 2.24) is 24.6 Å². The van der Waals surface area contributed by atoms with Crippen LogP contribution in [0.5, 0.6) is 0 Å². The van der Waals surface area contributed by atoms with Crippen LogP contribution < -0.4 is 11.1 Å².